The highest BCUT2D eigenvalue weighted by Crippen LogP contribution is 2.31. The van der Waals surface area contributed by atoms with Crippen molar-refractivity contribution in [1.82, 2.24) is 4.98 Å². The Morgan fingerprint density at radius 3 is 2.89 bits per heavy atom. The van der Waals surface area contributed by atoms with Gasteiger partial charge in [-0.25, -0.2) is 4.98 Å². The molecule has 0 fully saturated rings. The van der Waals surface area contributed by atoms with E-state index in [1.54, 1.807) is 23.1 Å². The number of thiol groups is 1. The molecule has 0 atom stereocenters. The van der Waals surface area contributed by atoms with Crippen LogP contribution in [0.2, 0.25) is 0 Å². The third-order valence-electron chi connectivity index (χ3n) is 0.728. The summed E-state index contributed by atoms with van der Waals surface area (Å²) in [6, 6.07) is 0. The smallest absolute Gasteiger partial charge is 0.150 e. The molecule has 0 amide bonds. The van der Waals surface area contributed by atoms with Gasteiger partial charge < -0.3 is 0 Å². The zero-order chi connectivity index (χ0) is 6.69. The van der Waals surface area contributed by atoms with Crippen molar-refractivity contribution < 1.29 is 0 Å². The third kappa shape index (κ3) is 2.07. The molecule has 0 aliphatic carbocycles. The summed E-state index contributed by atoms with van der Waals surface area (Å²) in [6.07, 6.45) is 3.86. The van der Waals surface area contributed by atoms with Crippen LogP contribution in [0.3, 0.4) is 0 Å². The minimum atomic E-state index is 1.10. The van der Waals surface area contributed by atoms with E-state index in [-0.39, 0.29) is 0 Å². The van der Waals surface area contributed by atoms with Crippen molar-refractivity contribution in [2.24, 2.45) is 0 Å². The highest BCUT2D eigenvalue weighted by atomic mass is 33.1. The predicted molar refractivity (Wildman–Crippen MR) is 48.7 cm³/mol. The third-order valence-corrected chi connectivity index (χ3v) is 4.27. The summed E-state index contributed by atoms with van der Waals surface area (Å²) in [4.78, 5) is 4.12. The Bertz CT molecular complexity index is 166. The number of hydrogen-bond acceptors (Lipinski definition) is 5. The van der Waals surface area contributed by atoms with Gasteiger partial charge in [-0.15, -0.1) is 23.0 Å². The van der Waals surface area contributed by atoms with Gasteiger partial charge in [0.2, 0.25) is 0 Å². The van der Waals surface area contributed by atoms with E-state index in [9.17, 15) is 0 Å². The number of thiazole rings is 1. The molecule has 0 N–H and O–H groups in total. The number of rotatable bonds is 2. The number of nitrogens with zero attached hydrogens (tertiary/aromatic N) is 1. The van der Waals surface area contributed by atoms with Crippen LogP contribution in [-0.2, 0) is 0 Å². The van der Waals surface area contributed by atoms with Crippen LogP contribution in [0.15, 0.2) is 14.7 Å². The highest BCUT2D eigenvalue weighted by Gasteiger charge is 1.97. The van der Waals surface area contributed by atoms with Gasteiger partial charge in [-0.2, -0.15) is 0 Å². The number of hydrogen-bond donors (Lipinski definition) is 1. The standard InChI is InChI=1S/C4H5NS4/c1-7-4-5-2-3(8-4)9-6/h2,6H,1H3. The first kappa shape index (κ1) is 7.78. The van der Waals surface area contributed by atoms with Crippen molar-refractivity contribution in [3.63, 3.8) is 0 Å². The predicted octanol–water partition coefficient (Wildman–Crippen LogP) is 2.80. The van der Waals surface area contributed by atoms with E-state index < -0.39 is 0 Å². The van der Waals surface area contributed by atoms with Crippen LogP contribution in [0.5, 0.6) is 0 Å². The van der Waals surface area contributed by atoms with E-state index in [0.717, 1.165) is 8.55 Å². The monoisotopic (exact) mass is 195 g/mol. The molecular formula is C4H5NS4. The van der Waals surface area contributed by atoms with Crippen LogP contribution in [-0.4, -0.2) is 11.2 Å². The lowest BCUT2D eigenvalue weighted by Gasteiger charge is -1.80. The molecule has 0 aliphatic rings. The van der Waals surface area contributed by atoms with Gasteiger partial charge in [0.1, 0.15) is 0 Å². The quantitative estimate of drug-likeness (QED) is 0.443. The van der Waals surface area contributed by atoms with Crippen molar-refractivity contribution in [1.29, 1.82) is 0 Å². The van der Waals surface area contributed by atoms with E-state index in [1.165, 1.54) is 10.8 Å². The Balaban J connectivity index is 2.74. The summed E-state index contributed by atoms with van der Waals surface area (Å²) in [6.45, 7) is 0. The zero-order valence-corrected chi connectivity index (χ0v) is 8.04. The molecule has 1 nitrogen and oxygen atoms in total. The Morgan fingerprint density at radius 2 is 2.56 bits per heavy atom. The molecule has 0 saturated carbocycles. The fraction of sp³-hybridized carbons (Fsp3) is 0.250. The summed E-state index contributed by atoms with van der Waals surface area (Å²) in [5.41, 5.74) is 0. The van der Waals surface area contributed by atoms with Gasteiger partial charge in [-0.1, -0.05) is 11.8 Å². The molecule has 1 aromatic heterocycles. The summed E-state index contributed by atoms with van der Waals surface area (Å²) < 4.78 is 2.26. The average molecular weight is 195 g/mol. The molecule has 0 saturated heterocycles. The molecule has 0 aromatic carbocycles. The lowest BCUT2D eigenvalue weighted by molar-refractivity contribution is 1.24. The topological polar surface area (TPSA) is 12.9 Å². The molecule has 50 valence electrons. The highest BCUT2D eigenvalue weighted by molar-refractivity contribution is 8.69. The van der Waals surface area contributed by atoms with Gasteiger partial charge in [-0.3, -0.25) is 0 Å². The van der Waals surface area contributed by atoms with Crippen LogP contribution >= 0.6 is 45.6 Å². The molecule has 0 aliphatic heterocycles. The van der Waals surface area contributed by atoms with E-state index in [2.05, 4.69) is 16.6 Å². The normalized spacial score (nSPS) is 10.0. The minimum absolute atomic E-state index is 1.10. The maximum Gasteiger partial charge on any atom is 0.150 e. The molecule has 1 aromatic rings. The average Bonchev–Trinajstić information content (AvgIpc) is 2.34. The first-order chi connectivity index (χ1) is 4.36. The maximum atomic E-state index is 4.12. The van der Waals surface area contributed by atoms with Gasteiger partial charge in [0.25, 0.3) is 0 Å². The van der Waals surface area contributed by atoms with Crippen molar-refractivity contribution in [3.8, 4) is 0 Å². The SMILES string of the molecule is CSc1ncc(SS)s1. The van der Waals surface area contributed by atoms with Crippen LogP contribution < -0.4 is 0 Å². The second kappa shape index (κ2) is 3.75. The van der Waals surface area contributed by atoms with Gasteiger partial charge in [0, 0.05) is 0 Å². The Morgan fingerprint density at radius 1 is 1.78 bits per heavy atom. The molecule has 0 radical (unpaired) electrons. The van der Waals surface area contributed by atoms with E-state index >= 15 is 0 Å². The molecule has 1 rings (SSSR count). The maximum absolute atomic E-state index is 4.12. The minimum Gasteiger partial charge on any atom is -0.237 e. The van der Waals surface area contributed by atoms with Crippen LogP contribution in [0.4, 0.5) is 0 Å². The van der Waals surface area contributed by atoms with Crippen molar-refractivity contribution in [3.05, 3.63) is 6.20 Å². The molecule has 5 heteroatoms. The summed E-state index contributed by atoms with van der Waals surface area (Å²) in [5, 5.41) is 0. The zero-order valence-electron chi connectivity index (χ0n) is 4.70. The van der Waals surface area contributed by atoms with Crippen molar-refractivity contribution >= 4 is 45.6 Å². The van der Waals surface area contributed by atoms with Gasteiger partial charge in [0.15, 0.2) is 4.34 Å². The summed E-state index contributed by atoms with van der Waals surface area (Å²) in [5.74, 6) is 0. The van der Waals surface area contributed by atoms with E-state index in [4.69, 9.17) is 0 Å². The second-order valence-electron chi connectivity index (χ2n) is 1.24. The van der Waals surface area contributed by atoms with E-state index in [0.29, 0.717) is 0 Å². The second-order valence-corrected chi connectivity index (χ2v) is 4.75. The van der Waals surface area contributed by atoms with Gasteiger partial charge >= 0.3 is 0 Å². The Hall–Kier alpha value is 0.680. The largest absolute Gasteiger partial charge is 0.237 e. The number of aromatic nitrogens is 1. The molecule has 0 spiro atoms. The van der Waals surface area contributed by atoms with Crippen LogP contribution in [0.1, 0.15) is 0 Å². The summed E-state index contributed by atoms with van der Waals surface area (Å²) in [7, 11) is 1.44. The first-order valence-corrected chi connectivity index (χ1v) is 6.09. The van der Waals surface area contributed by atoms with Gasteiger partial charge in [0.05, 0.1) is 10.4 Å². The fourth-order valence-corrected chi connectivity index (χ4v) is 2.65. The van der Waals surface area contributed by atoms with Crippen molar-refractivity contribution in [2.75, 3.05) is 6.26 Å². The summed E-state index contributed by atoms with van der Waals surface area (Å²) >= 11 is 7.38. The molecule has 0 unspecified atom stereocenters. The van der Waals surface area contributed by atoms with E-state index in [1.807, 2.05) is 12.5 Å². The molecular weight excluding hydrogens is 190 g/mol. The number of thioether (sulfide) groups is 1. The van der Waals surface area contributed by atoms with Crippen LogP contribution in [0.25, 0.3) is 0 Å². The molecule has 1 heterocycles. The molecule has 9 heavy (non-hydrogen) atoms. The lowest BCUT2D eigenvalue weighted by atomic mass is 11.0. The fourth-order valence-electron chi connectivity index (χ4n) is 0.381. The van der Waals surface area contributed by atoms with Crippen molar-refractivity contribution in [2.45, 2.75) is 8.55 Å². The van der Waals surface area contributed by atoms with Crippen LogP contribution in [0, 0.1) is 0 Å². The van der Waals surface area contributed by atoms with Gasteiger partial charge in [-0.05, 0) is 17.0 Å². The first-order valence-electron chi connectivity index (χ1n) is 2.18. The lowest BCUT2D eigenvalue weighted by Crippen LogP contribution is -1.57. The Labute approximate surface area is 71.5 Å². The Kier molecular flexibility index (Phi) is 3.25. The molecule has 0 bridgehead atoms.